The second-order valence-electron chi connectivity index (χ2n) is 3.41. The second-order valence-corrected chi connectivity index (χ2v) is 3.41. The lowest BCUT2D eigenvalue weighted by atomic mass is 10.2. The Balaban J connectivity index is 2.36. The maximum absolute atomic E-state index is 10.9. The number of hydrogen-bond donors (Lipinski definition) is 1. The van der Waals surface area contributed by atoms with Gasteiger partial charge in [-0.05, 0) is 25.8 Å². The van der Waals surface area contributed by atoms with Gasteiger partial charge < -0.3 is 5.73 Å². The first kappa shape index (κ1) is 8.29. The Kier molecular flexibility index (Phi) is 1.83. The minimum atomic E-state index is -0.436. The van der Waals surface area contributed by atoms with E-state index in [1.165, 1.54) is 12.8 Å². The van der Waals surface area contributed by atoms with Crippen LogP contribution in [0.15, 0.2) is 6.07 Å². The zero-order valence-electron chi connectivity index (χ0n) is 7.66. The molecule has 1 saturated carbocycles. The number of hydrogen-bond acceptors (Lipinski definition) is 2. The van der Waals surface area contributed by atoms with E-state index >= 15 is 0 Å². The van der Waals surface area contributed by atoms with Gasteiger partial charge in [0.1, 0.15) is 5.69 Å². The molecule has 1 aromatic rings. The fraction of sp³-hybridized carbons (Fsp3) is 0.556. The number of rotatable bonds is 3. The van der Waals surface area contributed by atoms with Crippen LogP contribution in [0.5, 0.6) is 0 Å². The molecule has 0 radical (unpaired) electrons. The van der Waals surface area contributed by atoms with Crippen LogP contribution >= 0.6 is 0 Å². The molecule has 0 aromatic carbocycles. The molecule has 0 bridgehead atoms. The number of carbonyl (C=O) groups excluding carboxylic acids is 1. The average Bonchev–Trinajstić information content (AvgIpc) is 2.84. The molecule has 4 nitrogen and oxygen atoms in total. The fourth-order valence-electron chi connectivity index (χ4n) is 1.51. The van der Waals surface area contributed by atoms with Crippen LogP contribution in [-0.4, -0.2) is 15.7 Å². The summed E-state index contributed by atoms with van der Waals surface area (Å²) in [6, 6.07) is 1.82. The highest BCUT2D eigenvalue weighted by molar-refractivity contribution is 5.90. The zero-order chi connectivity index (χ0) is 9.42. The van der Waals surface area contributed by atoms with E-state index in [-0.39, 0.29) is 0 Å². The van der Waals surface area contributed by atoms with Gasteiger partial charge >= 0.3 is 0 Å². The predicted octanol–water partition coefficient (Wildman–Crippen LogP) is 0.879. The number of amides is 1. The minimum absolute atomic E-state index is 0.392. The molecule has 1 aromatic heterocycles. The monoisotopic (exact) mass is 179 g/mol. The highest BCUT2D eigenvalue weighted by Crippen LogP contribution is 2.40. The highest BCUT2D eigenvalue weighted by atomic mass is 16.1. The third kappa shape index (κ3) is 1.43. The standard InChI is InChI=1S/C9H13N3O/c1-2-12-8(6-3-4-6)5-7(11-12)9(10)13/h5-6H,2-4H2,1H3,(H2,10,13). The Bertz CT molecular complexity index is 339. The third-order valence-electron chi connectivity index (χ3n) is 2.36. The lowest BCUT2D eigenvalue weighted by molar-refractivity contribution is 0.0995. The van der Waals surface area contributed by atoms with Crippen molar-refractivity contribution in [3.63, 3.8) is 0 Å². The summed E-state index contributed by atoms with van der Waals surface area (Å²) in [5.41, 5.74) is 6.71. The topological polar surface area (TPSA) is 60.9 Å². The molecule has 0 aliphatic heterocycles. The SMILES string of the molecule is CCn1nc(C(N)=O)cc1C1CC1. The normalized spacial score (nSPS) is 16.1. The number of nitrogens with two attached hydrogens (primary N) is 1. The summed E-state index contributed by atoms with van der Waals surface area (Å²) in [5.74, 6) is 0.176. The van der Waals surface area contributed by atoms with Gasteiger partial charge in [0, 0.05) is 18.2 Å². The predicted molar refractivity (Wildman–Crippen MR) is 48.4 cm³/mol. The first-order valence-electron chi connectivity index (χ1n) is 4.60. The summed E-state index contributed by atoms with van der Waals surface area (Å²) in [7, 11) is 0. The molecular formula is C9H13N3O. The van der Waals surface area contributed by atoms with Crippen molar-refractivity contribution < 1.29 is 4.79 Å². The lowest BCUT2D eigenvalue weighted by Gasteiger charge is -2.00. The van der Waals surface area contributed by atoms with Crippen molar-refractivity contribution in [3.05, 3.63) is 17.5 Å². The van der Waals surface area contributed by atoms with Gasteiger partial charge in [-0.3, -0.25) is 9.48 Å². The number of nitrogens with zero attached hydrogens (tertiary/aromatic N) is 2. The average molecular weight is 179 g/mol. The van der Waals surface area contributed by atoms with Crippen molar-refractivity contribution in [2.45, 2.75) is 32.2 Å². The van der Waals surface area contributed by atoms with Gasteiger partial charge in [-0.1, -0.05) is 0 Å². The summed E-state index contributed by atoms with van der Waals surface area (Å²) >= 11 is 0. The van der Waals surface area contributed by atoms with Crippen molar-refractivity contribution in [2.24, 2.45) is 5.73 Å². The van der Waals surface area contributed by atoms with E-state index in [0.717, 1.165) is 12.2 Å². The molecule has 1 aliphatic rings. The van der Waals surface area contributed by atoms with Crippen LogP contribution < -0.4 is 5.73 Å². The van der Waals surface area contributed by atoms with E-state index < -0.39 is 5.91 Å². The molecule has 13 heavy (non-hydrogen) atoms. The molecule has 2 rings (SSSR count). The number of aromatic nitrogens is 2. The van der Waals surface area contributed by atoms with Crippen LogP contribution in [0.1, 0.15) is 41.9 Å². The van der Waals surface area contributed by atoms with Crippen LogP contribution in [0, 0.1) is 0 Å². The Hall–Kier alpha value is -1.32. The molecule has 2 N–H and O–H groups in total. The molecule has 0 spiro atoms. The van der Waals surface area contributed by atoms with Crippen molar-refractivity contribution in [1.29, 1.82) is 0 Å². The summed E-state index contributed by atoms with van der Waals surface area (Å²) in [6.45, 7) is 2.82. The van der Waals surface area contributed by atoms with Crippen LogP contribution in [0.2, 0.25) is 0 Å². The van der Waals surface area contributed by atoms with Crippen molar-refractivity contribution in [1.82, 2.24) is 9.78 Å². The molecule has 70 valence electrons. The molecule has 4 heteroatoms. The van der Waals surface area contributed by atoms with E-state index in [4.69, 9.17) is 5.73 Å². The molecule has 1 fully saturated rings. The van der Waals surface area contributed by atoms with Crippen molar-refractivity contribution in [2.75, 3.05) is 0 Å². The molecular weight excluding hydrogens is 166 g/mol. The van der Waals surface area contributed by atoms with Crippen molar-refractivity contribution >= 4 is 5.91 Å². The molecule has 0 saturated heterocycles. The Morgan fingerprint density at radius 2 is 2.46 bits per heavy atom. The zero-order valence-corrected chi connectivity index (χ0v) is 7.66. The van der Waals surface area contributed by atoms with Gasteiger partial charge in [0.15, 0.2) is 0 Å². The maximum atomic E-state index is 10.9. The molecule has 1 amide bonds. The summed E-state index contributed by atoms with van der Waals surface area (Å²) < 4.78 is 1.87. The summed E-state index contributed by atoms with van der Waals surface area (Å²) in [6.07, 6.45) is 2.42. The highest BCUT2D eigenvalue weighted by Gasteiger charge is 2.28. The van der Waals surface area contributed by atoms with Gasteiger partial charge in [-0.15, -0.1) is 0 Å². The molecule has 0 unspecified atom stereocenters. The van der Waals surface area contributed by atoms with E-state index in [9.17, 15) is 4.79 Å². The van der Waals surface area contributed by atoms with Gasteiger partial charge in [0.2, 0.25) is 0 Å². The summed E-state index contributed by atoms with van der Waals surface area (Å²) in [4.78, 5) is 10.9. The lowest BCUT2D eigenvalue weighted by Crippen LogP contribution is -2.12. The summed E-state index contributed by atoms with van der Waals surface area (Å²) in [5, 5.41) is 4.13. The van der Waals surface area contributed by atoms with Crippen molar-refractivity contribution in [3.8, 4) is 0 Å². The van der Waals surface area contributed by atoms with E-state index in [0.29, 0.717) is 11.6 Å². The molecule has 1 heterocycles. The quantitative estimate of drug-likeness (QED) is 0.748. The molecule has 0 atom stereocenters. The van der Waals surface area contributed by atoms with Gasteiger partial charge in [0.25, 0.3) is 5.91 Å². The van der Waals surface area contributed by atoms with Crippen LogP contribution in [-0.2, 0) is 6.54 Å². The fourth-order valence-corrected chi connectivity index (χ4v) is 1.51. The van der Waals surface area contributed by atoms with Gasteiger partial charge in [-0.25, -0.2) is 0 Å². The van der Waals surface area contributed by atoms with E-state index in [2.05, 4.69) is 5.10 Å². The van der Waals surface area contributed by atoms with E-state index in [1.54, 1.807) is 0 Å². The Labute approximate surface area is 76.7 Å². The van der Waals surface area contributed by atoms with Crippen LogP contribution in [0.25, 0.3) is 0 Å². The van der Waals surface area contributed by atoms with E-state index in [1.807, 2.05) is 17.7 Å². The maximum Gasteiger partial charge on any atom is 0.269 e. The van der Waals surface area contributed by atoms with Gasteiger partial charge in [0.05, 0.1) is 0 Å². The Morgan fingerprint density at radius 1 is 1.77 bits per heavy atom. The Morgan fingerprint density at radius 3 is 2.92 bits per heavy atom. The number of aryl methyl sites for hydroxylation is 1. The minimum Gasteiger partial charge on any atom is -0.364 e. The third-order valence-corrected chi connectivity index (χ3v) is 2.36. The largest absolute Gasteiger partial charge is 0.364 e. The number of carbonyl (C=O) groups is 1. The van der Waals surface area contributed by atoms with Gasteiger partial charge in [-0.2, -0.15) is 5.10 Å². The molecule has 1 aliphatic carbocycles. The number of primary amides is 1. The first-order chi connectivity index (χ1) is 6.22. The second kappa shape index (κ2) is 2.87. The smallest absolute Gasteiger partial charge is 0.269 e. The van der Waals surface area contributed by atoms with Crippen LogP contribution in [0.3, 0.4) is 0 Å². The first-order valence-corrected chi connectivity index (χ1v) is 4.60. The van der Waals surface area contributed by atoms with Crippen LogP contribution in [0.4, 0.5) is 0 Å².